The number of nitrogens with zero attached hydrogens (tertiary/aromatic N) is 1. The second-order valence-electron chi connectivity index (χ2n) is 8.85. The molecule has 14 heteroatoms. The fourth-order valence-electron chi connectivity index (χ4n) is 3.77. The molecule has 13 nitrogen and oxygen atoms in total. The number of aliphatic hydroxyl groups excluding tert-OH is 4. The van der Waals surface area contributed by atoms with Crippen molar-refractivity contribution in [2.75, 3.05) is 19.8 Å². The molecule has 1 aromatic heterocycles. The molecule has 3 rings (SSSR count). The summed E-state index contributed by atoms with van der Waals surface area (Å²) >= 11 is 0. The van der Waals surface area contributed by atoms with Gasteiger partial charge in [-0.15, -0.1) is 5.10 Å². The summed E-state index contributed by atoms with van der Waals surface area (Å²) in [5.74, 6) is 0.863. The van der Waals surface area contributed by atoms with Crippen LogP contribution in [0.15, 0.2) is 24.3 Å². The Kier molecular flexibility index (Phi) is 9.66. The van der Waals surface area contributed by atoms with E-state index < -0.39 is 47.5 Å². The Labute approximate surface area is 209 Å². The van der Waals surface area contributed by atoms with Crippen LogP contribution >= 0.6 is 0 Å². The minimum absolute atomic E-state index is 0.0770. The molecule has 1 aliphatic rings. The van der Waals surface area contributed by atoms with Gasteiger partial charge in [0.05, 0.1) is 13.2 Å². The highest BCUT2D eigenvalue weighted by Gasteiger charge is 2.45. The van der Waals surface area contributed by atoms with Gasteiger partial charge in [0, 0.05) is 24.2 Å². The molecule has 1 aromatic carbocycles. The number of nitrogens with one attached hydrogen (secondary N) is 2. The van der Waals surface area contributed by atoms with Crippen LogP contribution in [0.3, 0.4) is 0 Å². The molecule has 1 fully saturated rings. The average Bonchev–Trinajstić information content (AvgIpc) is 3.21. The number of aromatic amines is 1. The van der Waals surface area contributed by atoms with Crippen LogP contribution < -0.4 is 19.3 Å². The van der Waals surface area contributed by atoms with E-state index >= 15 is 0 Å². The number of hydrogen-bond donors (Lipinski definition) is 7. The molecule has 0 saturated carbocycles. The molecule has 2 heterocycles. The van der Waals surface area contributed by atoms with Gasteiger partial charge in [-0.05, 0) is 30.0 Å². The highest BCUT2D eigenvalue weighted by molar-refractivity contribution is 7.87. The number of nitrogens with two attached hydrogens (primary N) is 1. The molecule has 8 N–H and O–H groups in total. The first-order chi connectivity index (χ1) is 17.0. The molecule has 36 heavy (non-hydrogen) atoms. The first-order valence-electron chi connectivity index (χ1n) is 11.5. The molecular weight excluding hydrogens is 496 g/mol. The maximum Gasteiger partial charge on any atom is 0.274 e. The van der Waals surface area contributed by atoms with Gasteiger partial charge in [0.25, 0.3) is 10.2 Å². The van der Waals surface area contributed by atoms with Crippen LogP contribution in [0.5, 0.6) is 11.6 Å². The summed E-state index contributed by atoms with van der Waals surface area (Å²) in [4.78, 5) is 0. The molecule has 1 aliphatic heterocycles. The van der Waals surface area contributed by atoms with Gasteiger partial charge >= 0.3 is 0 Å². The van der Waals surface area contributed by atoms with Crippen molar-refractivity contribution in [2.24, 2.45) is 5.14 Å². The number of ether oxygens (including phenoxy) is 3. The Morgan fingerprint density at radius 2 is 1.86 bits per heavy atom. The summed E-state index contributed by atoms with van der Waals surface area (Å²) in [6, 6.07) is 7.31. The predicted molar refractivity (Wildman–Crippen MR) is 128 cm³/mol. The molecule has 0 aliphatic carbocycles. The fraction of sp³-hybridized carbons (Fsp3) is 0.591. The molecule has 202 valence electrons. The topological polar surface area (TPSA) is 209 Å². The van der Waals surface area contributed by atoms with Crippen LogP contribution in [0.2, 0.25) is 0 Å². The van der Waals surface area contributed by atoms with E-state index in [0.717, 1.165) is 16.8 Å². The molecule has 2 aromatic rings. The smallest absolute Gasteiger partial charge is 0.274 e. The van der Waals surface area contributed by atoms with Crippen LogP contribution in [0.25, 0.3) is 0 Å². The van der Waals surface area contributed by atoms with Crippen molar-refractivity contribution in [1.82, 2.24) is 14.9 Å². The molecule has 0 amide bonds. The normalized spacial score (nSPS) is 24.7. The van der Waals surface area contributed by atoms with Crippen LogP contribution in [-0.4, -0.2) is 89.5 Å². The highest BCUT2D eigenvalue weighted by atomic mass is 32.2. The third kappa shape index (κ3) is 7.36. The van der Waals surface area contributed by atoms with Gasteiger partial charge in [-0.25, -0.2) is 9.86 Å². The average molecular weight is 531 g/mol. The van der Waals surface area contributed by atoms with Gasteiger partial charge in [0.15, 0.2) is 0 Å². The second kappa shape index (κ2) is 12.3. The number of aromatic nitrogens is 2. The minimum atomic E-state index is -3.71. The van der Waals surface area contributed by atoms with Gasteiger partial charge in [-0.3, -0.25) is 5.10 Å². The van der Waals surface area contributed by atoms with Crippen molar-refractivity contribution in [3.05, 3.63) is 41.1 Å². The van der Waals surface area contributed by atoms with Gasteiger partial charge in [-0.1, -0.05) is 26.0 Å². The monoisotopic (exact) mass is 530 g/mol. The Morgan fingerprint density at radius 3 is 2.47 bits per heavy atom. The summed E-state index contributed by atoms with van der Waals surface area (Å²) in [6.45, 7) is 3.88. The van der Waals surface area contributed by atoms with Gasteiger partial charge in [0.2, 0.25) is 12.2 Å². The summed E-state index contributed by atoms with van der Waals surface area (Å²) in [5.41, 5.74) is 2.46. The zero-order valence-corrected chi connectivity index (χ0v) is 20.9. The number of hydrogen-bond acceptors (Lipinski definition) is 10. The van der Waals surface area contributed by atoms with E-state index in [2.05, 4.69) is 14.9 Å². The lowest BCUT2D eigenvalue weighted by Gasteiger charge is -2.39. The Bertz CT molecular complexity index is 1080. The lowest BCUT2D eigenvalue weighted by molar-refractivity contribution is -0.278. The first kappa shape index (κ1) is 28.3. The molecule has 0 spiro atoms. The third-order valence-corrected chi connectivity index (χ3v) is 6.32. The highest BCUT2D eigenvalue weighted by Crippen LogP contribution is 2.31. The summed E-state index contributed by atoms with van der Waals surface area (Å²) < 4.78 is 40.8. The lowest BCUT2D eigenvalue weighted by atomic mass is 9.98. The summed E-state index contributed by atoms with van der Waals surface area (Å²) in [6.07, 6.45) is -6.16. The largest absolute Gasteiger partial charge is 0.494 e. The van der Waals surface area contributed by atoms with Crippen molar-refractivity contribution in [3.8, 4) is 11.6 Å². The SMILES string of the molecule is CC(C)c1[nH]nc(O[C@@H]2O[C@H](CO)[C@@H](O)[C@H](O)[C@H]2O)c1Cc1ccc(OCCCNS(N)(=O)=O)cc1. The standard InChI is InChI=1S/C22H34N4O9S/c1-12(2)17-15(10-13-4-6-14(7-5-13)33-9-3-8-24-36(23,31)32)21(26-25-17)35-22-20(30)19(29)18(28)16(11-27)34-22/h4-7,12,16,18-20,22,24,27-30H,3,8-11H2,1-2H3,(H,25,26)(H2,23,31,32)/t16-,18-,19+,20-,22+/m1/s1. The van der Waals surface area contributed by atoms with E-state index in [4.69, 9.17) is 19.3 Å². The molecule has 0 bridgehead atoms. The quantitative estimate of drug-likeness (QED) is 0.164. The second-order valence-corrected chi connectivity index (χ2v) is 10.2. The predicted octanol–water partition coefficient (Wildman–Crippen LogP) is -1.14. The summed E-state index contributed by atoms with van der Waals surface area (Å²) in [5, 5.41) is 51.8. The van der Waals surface area contributed by atoms with Crippen LogP contribution in [0.1, 0.15) is 43.0 Å². The van der Waals surface area contributed by atoms with Gasteiger partial charge in [0.1, 0.15) is 30.2 Å². The van der Waals surface area contributed by atoms with E-state index in [0.29, 0.717) is 25.2 Å². The lowest BCUT2D eigenvalue weighted by Crippen LogP contribution is -2.60. The van der Waals surface area contributed by atoms with Crippen molar-refractivity contribution < 1.29 is 43.1 Å². The number of H-pyrrole nitrogens is 1. The van der Waals surface area contributed by atoms with Crippen LogP contribution in [0, 0.1) is 0 Å². The molecule has 1 saturated heterocycles. The molecular formula is C22H34N4O9S. The number of benzene rings is 1. The van der Waals surface area contributed by atoms with Gasteiger partial charge in [-0.2, -0.15) is 8.42 Å². The van der Waals surface area contributed by atoms with Crippen molar-refractivity contribution >= 4 is 10.2 Å². The zero-order chi connectivity index (χ0) is 26.5. The van der Waals surface area contributed by atoms with Crippen molar-refractivity contribution in [2.45, 2.75) is 63.3 Å². The van der Waals surface area contributed by atoms with E-state index in [1.54, 1.807) is 12.1 Å². The zero-order valence-electron chi connectivity index (χ0n) is 20.1. The van der Waals surface area contributed by atoms with E-state index in [-0.39, 0.29) is 18.3 Å². The molecule has 0 radical (unpaired) electrons. The molecule has 5 atom stereocenters. The van der Waals surface area contributed by atoms with E-state index in [9.17, 15) is 28.8 Å². The van der Waals surface area contributed by atoms with Crippen LogP contribution in [-0.2, 0) is 21.4 Å². The maximum atomic E-state index is 10.9. The maximum absolute atomic E-state index is 10.9. The van der Waals surface area contributed by atoms with Crippen LogP contribution in [0.4, 0.5) is 0 Å². The first-order valence-corrected chi connectivity index (χ1v) is 13.1. The van der Waals surface area contributed by atoms with Crippen molar-refractivity contribution in [1.29, 1.82) is 0 Å². The Morgan fingerprint density at radius 1 is 1.17 bits per heavy atom. The molecule has 0 unspecified atom stereocenters. The summed E-state index contributed by atoms with van der Waals surface area (Å²) in [7, 11) is -3.71. The minimum Gasteiger partial charge on any atom is -0.494 e. The Hall–Kier alpha value is -2.30. The van der Waals surface area contributed by atoms with Gasteiger partial charge < -0.3 is 34.6 Å². The number of aliphatic hydroxyl groups is 4. The number of rotatable bonds is 12. The fourth-order valence-corrected chi connectivity index (χ4v) is 4.19. The van der Waals surface area contributed by atoms with Crippen molar-refractivity contribution in [3.63, 3.8) is 0 Å². The Balaban J connectivity index is 1.67. The van der Waals surface area contributed by atoms with E-state index in [1.165, 1.54) is 0 Å². The third-order valence-electron chi connectivity index (χ3n) is 5.71. The van der Waals surface area contributed by atoms with E-state index in [1.807, 2.05) is 26.0 Å².